The Morgan fingerprint density at radius 1 is 0.625 bits per heavy atom. The molecule has 2 aromatic carbocycles. The number of hydrogen-bond donors (Lipinski definition) is 1. The minimum Gasteiger partial charge on any atom is -0.404 e. The number of halogens is 17. The van der Waals surface area contributed by atoms with Crippen LogP contribution in [0.2, 0.25) is 0 Å². The van der Waals surface area contributed by atoms with Gasteiger partial charge in [-0.05, 0) is 24.1 Å². The Balaban J connectivity index is 2.51. The van der Waals surface area contributed by atoms with Gasteiger partial charge in [-0.3, -0.25) is 9.42 Å². The number of alkyl halides is 17. The quantitative estimate of drug-likeness (QED) is 0.105. The summed E-state index contributed by atoms with van der Waals surface area (Å²) >= 11 is 0. The molecule has 0 saturated carbocycles. The van der Waals surface area contributed by atoms with Crippen molar-refractivity contribution in [1.29, 1.82) is 0 Å². The smallest absolute Gasteiger partial charge is 0.404 e. The fourth-order valence-electron chi connectivity index (χ4n) is 3.91. The van der Waals surface area contributed by atoms with Crippen LogP contribution in [0.3, 0.4) is 0 Å². The van der Waals surface area contributed by atoms with E-state index in [-0.39, 0.29) is 30.7 Å². The average molecular weight is 752 g/mol. The Labute approximate surface area is 259 Å². The number of hydrogen-bond acceptors (Lipinski definition) is 3. The van der Waals surface area contributed by atoms with Crippen LogP contribution in [-0.4, -0.2) is 46.6 Å². The number of phosphoric acid groups is 1. The van der Waals surface area contributed by atoms with Crippen molar-refractivity contribution < 1.29 is 93.1 Å². The van der Waals surface area contributed by atoms with Gasteiger partial charge in [-0.25, -0.2) is 4.57 Å². The molecule has 2 atom stereocenters. The Morgan fingerprint density at radius 3 is 1.50 bits per heavy atom. The lowest BCUT2D eigenvalue weighted by Crippen LogP contribution is -2.74. The number of phosphoric ester groups is 1. The molecule has 274 valence electrons. The molecule has 48 heavy (non-hydrogen) atoms. The number of benzene rings is 2. The van der Waals surface area contributed by atoms with Gasteiger partial charge in [0.25, 0.3) is 0 Å². The molecule has 0 amide bonds. The third-order valence-electron chi connectivity index (χ3n) is 6.66. The summed E-state index contributed by atoms with van der Waals surface area (Å²) in [5, 5.41) is 0. The van der Waals surface area contributed by atoms with Crippen molar-refractivity contribution in [2.75, 3.05) is 0 Å². The third kappa shape index (κ3) is 7.22. The maximum atomic E-state index is 14.7. The van der Waals surface area contributed by atoms with Crippen LogP contribution in [0.15, 0.2) is 54.6 Å². The van der Waals surface area contributed by atoms with E-state index in [4.69, 9.17) is 9.05 Å². The van der Waals surface area contributed by atoms with Crippen molar-refractivity contribution in [3.8, 4) is 5.75 Å². The molecular formula is C26H22F17O4P. The molecule has 2 aromatic rings. The Hall–Kier alpha value is -2.80. The minimum absolute atomic E-state index is 0.190. The molecule has 2 rings (SSSR count). The molecule has 0 aliphatic rings. The summed E-state index contributed by atoms with van der Waals surface area (Å²) < 4.78 is 254. The van der Waals surface area contributed by atoms with E-state index in [9.17, 15) is 84.1 Å². The standard InChI is InChI=1S/C26H22F17O4P/c1-2-3-5-10-18(47-48(44,45)46-17-8-6-4-7-9-17)15-11-13-16(14-12-15)19(27,28)20(29,30)21(31,32)22(33,34)23(35,36)24(37,38)25(39,40)26(41,42)43/h4,6-9,11-14,18H,2-3,5,10H2,1H3,(H,44,45). The van der Waals surface area contributed by atoms with E-state index in [0.29, 0.717) is 25.0 Å². The molecule has 0 aliphatic carbocycles. The highest BCUT2D eigenvalue weighted by Crippen LogP contribution is 2.65. The van der Waals surface area contributed by atoms with Gasteiger partial charge in [-0.2, -0.15) is 74.6 Å². The van der Waals surface area contributed by atoms with E-state index in [1.165, 1.54) is 30.3 Å². The van der Waals surface area contributed by atoms with E-state index in [0.717, 1.165) is 0 Å². The van der Waals surface area contributed by atoms with Crippen molar-refractivity contribution >= 4 is 7.82 Å². The zero-order valence-electron chi connectivity index (χ0n) is 23.6. The molecule has 0 aliphatic heterocycles. The van der Waals surface area contributed by atoms with Gasteiger partial charge in [0.1, 0.15) is 5.75 Å². The van der Waals surface area contributed by atoms with Gasteiger partial charge in [0, 0.05) is 5.56 Å². The fourth-order valence-corrected chi connectivity index (χ4v) is 4.89. The lowest BCUT2D eigenvalue weighted by atomic mass is 9.87. The maximum absolute atomic E-state index is 14.7. The van der Waals surface area contributed by atoms with E-state index >= 15 is 0 Å². The third-order valence-corrected chi connectivity index (χ3v) is 7.62. The van der Waals surface area contributed by atoms with Gasteiger partial charge >= 0.3 is 55.5 Å². The molecule has 0 aromatic heterocycles. The predicted molar refractivity (Wildman–Crippen MR) is 131 cm³/mol. The van der Waals surface area contributed by atoms with E-state index in [1.807, 2.05) is 0 Å². The summed E-state index contributed by atoms with van der Waals surface area (Å²) in [6.07, 6.45) is -8.48. The van der Waals surface area contributed by atoms with Crippen LogP contribution < -0.4 is 4.52 Å². The van der Waals surface area contributed by atoms with Crippen LogP contribution in [0.5, 0.6) is 5.75 Å². The van der Waals surface area contributed by atoms with Crippen LogP contribution in [0.1, 0.15) is 49.8 Å². The second-order valence-electron chi connectivity index (χ2n) is 10.1. The molecule has 22 heteroatoms. The van der Waals surface area contributed by atoms with Crippen LogP contribution in [0.25, 0.3) is 0 Å². The van der Waals surface area contributed by atoms with E-state index < -0.39 is 72.7 Å². The van der Waals surface area contributed by atoms with Gasteiger partial charge in [-0.15, -0.1) is 0 Å². The SMILES string of the molecule is CCCCCC(OP(=O)(O)Oc1ccccc1)c1ccc(C(F)(F)C(F)(F)C(F)(F)C(F)(F)C(F)(F)C(F)(F)C(F)(F)C(F)(F)F)cc1. The van der Waals surface area contributed by atoms with E-state index in [1.54, 1.807) is 6.92 Å². The summed E-state index contributed by atoms with van der Waals surface area (Å²) in [5.74, 6) is -57.5. The first-order valence-corrected chi connectivity index (χ1v) is 14.5. The summed E-state index contributed by atoms with van der Waals surface area (Å²) in [4.78, 5) is 10.1. The maximum Gasteiger partial charge on any atom is 0.528 e. The highest BCUT2D eigenvalue weighted by Gasteiger charge is 2.95. The van der Waals surface area contributed by atoms with Crippen LogP contribution in [0, 0.1) is 0 Å². The monoisotopic (exact) mass is 752 g/mol. The molecule has 0 bridgehead atoms. The first-order valence-electron chi connectivity index (χ1n) is 13.0. The number of para-hydroxylation sites is 1. The van der Waals surface area contributed by atoms with Crippen molar-refractivity contribution in [3.63, 3.8) is 0 Å². The van der Waals surface area contributed by atoms with Gasteiger partial charge in [0.2, 0.25) is 0 Å². The first-order chi connectivity index (χ1) is 21.5. The molecule has 4 nitrogen and oxygen atoms in total. The van der Waals surface area contributed by atoms with Crippen molar-refractivity contribution in [2.24, 2.45) is 0 Å². The molecule has 0 saturated heterocycles. The topological polar surface area (TPSA) is 55.8 Å². The summed E-state index contributed by atoms with van der Waals surface area (Å²) in [5.41, 5.74) is -2.85. The lowest BCUT2D eigenvalue weighted by molar-refractivity contribution is -0.462. The molecule has 1 N–H and O–H groups in total. The molecule has 0 heterocycles. The molecule has 0 radical (unpaired) electrons. The Morgan fingerprint density at radius 2 is 1.06 bits per heavy atom. The molecule has 0 fully saturated rings. The van der Waals surface area contributed by atoms with Gasteiger partial charge in [-0.1, -0.05) is 68.7 Å². The average Bonchev–Trinajstić information content (AvgIpc) is 2.95. The largest absolute Gasteiger partial charge is 0.528 e. The van der Waals surface area contributed by atoms with Crippen molar-refractivity contribution in [3.05, 3.63) is 65.7 Å². The molecule has 0 spiro atoms. The van der Waals surface area contributed by atoms with Crippen LogP contribution in [0.4, 0.5) is 74.6 Å². The van der Waals surface area contributed by atoms with Crippen molar-refractivity contribution in [2.45, 2.75) is 86.3 Å². The van der Waals surface area contributed by atoms with Crippen molar-refractivity contribution in [1.82, 2.24) is 0 Å². The number of unbranched alkanes of at least 4 members (excludes halogenated alkanes) is 2. The minimum atomic E-state index is -8.73. The second-order valence-corrected chi connectivity index (χ2v) is 11.4. The predicted octanol–water partition coefficient (Wildman–Crippen LogP) is 11.0. The normalized spacial score (nSPS) is 16.4. The van der Waals surface area contributed by atoms with Gasteiger partial charge in [0.05, 0.1) is 6.10 Å². The molecular weight excluding hydrogens is 730 g/mol. The fraction of sp³-hybridized carbons (Fsp3) is 0.538. The zero-order valence-corrected chi connectivity index (χ0v) is 24.5. The van der Waals surface area contributed by atoms with Crippen LogP contribution >= 0.6 is 7.82 Å². The van der Waals surface area contributed by atoms with Gasteiger partial charge in [0.15, 0.2) is 0 Å². The summed E-state index contributed by atoms with van der Waals surface area (Å²) in [7, 11) is -5.06. The lowest BCUT2D eigenvalue weighted by Gasteiger charge is -2.42. The highest BCUT2D eigenvalue weighted by atomic mass is 31.2. The Kier molecular flexibility index (Phi) is 11.6. The van der Waals surface area contributed by atoms with Gasteiger partial charge < -0.3 is 4.52 Å². The highest BCUT2D eigenvalue weighted by molar-refractivity contribution is 7.47. The summed E-state index contributed by atoms with van der Waals surface area (Å²) in [6.45, 7) is 1.71. The summed E-state index contributed by atoms with van der Waals surface area (Å²) in [6, 6.07) is 6.97. The number of rotatable bonds is 16. The second kappa shape index (κ2) is 13.5. The Bertz CT molecular complexity index is 1410. The first kappa shape index (κ1) is 41.4. The van der Waals surface area contributed by atoms with Crippen LogP contribution in [-0.2, 0) is 15.0 Å². The van der Waals surface area contributed by atoms with E-state index in [2.05, 4.69) is 0 Å². The zero-order chi connectivity index (χ0) is 37.4. The molecule has 2 unspecified atom stereocenters.